The van der Waals surface area contributed by atoms with E-state index in [0.29, 0.717) is 12.3 Å². The normalized spacial score (nSPS) is 10.5. The Hall–Kier alpha value is -3.91. The molecule has 0 unspecified atom stereocenters. The first-order valence-electron chi connectivity index (χ1n) is 10.1. The minimum atomic E-state index is -0.596. The first-order chi connectivity index (χ1) is 15.9. The van der Waals surface area contributed by atoms with E-state index in [0.717, 1.165) is 11.6 Å². The molecule has 0 aliphatic heterocycles. The molecule has 0 N–H and O–H groups in total. The van der Waals surface area contributed by atoms with Gasteiger partial charge in [-0.2, -0.15) is 0 Å². The highest BCUT2D eigenvalue weighted by atomic mass is 35.5. The molecule has 1 heterocycles. The molecule has 2 aromatic carbocycles. The maximum atomic E-state index is 13.3. The number of amides is 2. The first-order valence-corrected chi connectivity index (χ1v) is 10.4. The molecule has 0 saturated heterocycles. The van der Waals surface area contributed by atoms with Crippen molar-refractivity contribution in [1.82, 2.24) is 9.80 Å². The summed E-state index contributed by atoms with van der Waals surface area (Å²) in [7, 11) is 0. The molecule has 2 amide bonds. The molecule has 0 saturated carbocycles. The summed E-state index contributed by atoms with van der Waals surface area (Å²) >= 11 is 6.13. The third-order valence-electron chi connectivity index (χ3n) is 4.85. The lowest BCUT2D eigenvalue weighted by Gasteiger charge is -2.27. The molecule has 3 rings (SSSR count). The van der Waals surface area contributed by atoms with Crippen molar-refractivity contribution >= 4 is 29.1 Å². The van der Waals surface area contributed by atoms with Crippen molar-refractivity contribution in [2.24, 2.45) is 0 Å². The third kappa shape index (κ3) is 6.30. The lowest BCUT2D eigenvalue weighted by atomic mass is 10.1. The minimum absolute atomic E-state index is 0.0626. The Kier molecular flexibility index (Phi) is 7.99. The Morgan fingerprint density at radius 1 is 1.06 bits per heavy atom. The number of carbonyl (C=O) groups is 2. The smallest absolute Gasteiger partial charge is 0.270 e. The second-order valence-corrected chi connectivity index (χ2v) is 7.62. The van der Waals surface area contributed by atoms with E-state index in [1.807, 2.05) is 30.3 Å². The van der Waals surface area contributed by atoms with Gasteiger partial charge in [0.2, 0.25) is 5.91 Å². The van der Waals surface area contributed by atoms with Gasteiger partial charge < -0.3 is 14.2 Å². The molecule has 0 bridgehead atoms. The summed E-state index contributed by atoms with van der Waals surface area (Å²) in [6, 6.07) is 16.6. The number of nitro groups is 1. The van der Waals surface area contributed by atoms with Gasteiger partial charge in [0.1, 0.15) is 12.3 Å². The van der Waals surface area contributed by atoms with Crippen LogP contribution in [-0.4, -0.2) is 39.6 Å². The van der Waals surface area contributed by atoms with Gasteiger partial charge in [-0.25, -0.2) is 0 Å². The molecular weight excluding hydrogens is 446 g/mol. The number of hydrogen-bond acceptors (Lipinski definition) is 5. The molecule has 0 aliphatic carbocycles. The van der Waals surface area contributed by atoms with E-state index in [2.05, 4.69) is 6.58 Å². The van der Waals surface area contributed by atoms with E-state index in [1.54, 1.807) is 17.0 Å². The van der Waals surface area contributed by atoms with Gasteiger partial charge in [0, 0.05) is 25.2 Å². The molecule has 3 aromatic rings. The Morgan fingerprint density at radius 2 is 1.82 bits per heavy atom. The largest absolute Gasteiger partial charge is 0.467 e. The van der Waals surface area contributed by atoms with Gasteiger partial charge in [0.15, 0.2) is 0 Å². The van der Waals surface area contributed by atoms with Crippen LogP contribution in [0.1, 0.15) is 21.7 Å². The van der Waals surface area contributed by atoms with Crippen LogP contribution in [0.4, 0.5) is 5.69 Å². The van der Waals surface area contributed by atoms with Crippen molar-refractivity contribution in [2.45, 2.75) is 13.1 Å². The number of halogens is 1. The molecule has 0 aliphatic rings. The van der Waals surface area contributed by atoms with Crippen molar-refractivity contribution in [2.75, 3.05) is 13.1 Å². The van der Waals surface area contributed by atoms with Crippen LogP contribution in [0.5, 0.6) is 0 Å². The van der Waals surface area contributed by atoms with Crippen LogP contribution in [-0.2, 0) is 17.9 Å². The zero-order chi connectivity index (χ0) is 23.8. The maximum Gasteiger partial charge on any atom is 0.270 e. The standard InChI is InChI=1S/C24H22ClN3O5/c1-2-12-26(24(30)21-11-10-19(28(31)32)14-22(21)25)17-23(29)27(16-20-9-6-13-33-20)15-18-7-4-3-5-8-18/h2-11,13-14H,1,12,15-17H2. The molecule has 9 heteroatoms. The molecule has 8 nitrogen and oxygen atoms in total. The molecule has 0 fully saturated rings. The van der Waals surface area contributed by atoms with Crippen molar-refractivity contribution in [3.63, 3.8) is 0 Å². The Labute approximate surface area is 195 Å². The Balaban J connectivity index is 1.81. The van der Waals surface area contributed by atoms with E-state index in [1.165, 1.54) is 29.4 Å². The number of furan rings is 1. The lowest BCUT2D eigenvalue weighted by Crippen LogP contribution is -2.42. The topological polar surface area (TPSA) is 96.9 Å². The second kappa shape index (κ2) is 11.1. The van der Waals surface area contributed by atoms with Crippen molar-refractivity contribution in [3.8, 4) is 0 Å². The number of non-ortho nitro benzene ring substituents is 1. The number of nitro benzene ring substituents is 1. The lowest BCUT2D eigenvalue weighted by molar-refractivity contribution is -0.384. The first kappa shape index (κ1) is 23.7. The number of benzene rings is 2. The van der Waals surface area contributed by atoms with Gasteiger partial charge in [-0.3, -0.25) is 19.7 Å². The number of carbonyl (C=O) groups excluding carboxylic acids is 2. The van der Waals surface area contributed by atoms with Crippen LogP contribution < -0.4 is 0 Å². The molecule has 1 aromatic heterocycles. The fourth-order valence-electron chi connectivity index (χ4n) is 3.23. The quantitative estimate of drug-likeness (QED) is 0.244. The molecule has 170 valence electrons. The highest BCUT2D eigenvalue weighted by molar-refractivity contribution is 6.34. The summed E-state index contributed by atoms with van der Waals surface area (Å²) < 4.78 is 5.40. The van der Waals surface area contributed by atoms with Crippen LogP contribution in [0.25, 0.3) is 0 Å². The molecule has 0 radical (unpaired) electrons. The number of nitrogens with zero attached hydrogens (tertiary/aromatic N) is 3. The molecular formula is C24H22ClN3O5. The van der Waals surface area contributed by atoms with Gasteiger partial charge >= 0.3 is 0 Å². The maximum absolute atomic E-state index is 13.3. The van der Waals surface area contributed by atoms with Gasteiger partial charge in [0.25, 0.3) is 11.6 Å². The summed E-state index contributed by atoms with van der Waals surface area (Å²) in [6.07, 6.45) is 3.03. The van der Waals surface area contributed by atoms with E-state index in [-0.39, 0.29) is 41.8 Å². The highest BCUT2D eigenvalue weighted by Gasteiger charge is 2.25. The van der Waals surface area contributed by atoms with Crippen LogP contribution >= 0.6 is 11.6 Å². The predicted molar refractivity (Wildman–Crippen MR) is 124 cm³/mol. The molecule has 33 heavy (non-hydrogen) atoms. The predicted octanol–water partition coefficient (Wildman–Crippen LogP) is 4.70. The van der Waals surface area contributed by atoms with E-state index >= 15 is 0 Å². The number of hydrogen-bond donors (Lipinski definition) is 0. The van der Waals surface area contributed by atoms with Crippen LogP contribution in [0.2, 0.25) is 5.02 Å². The van der Waals surface area contributed by atoms with Gasteiger partial charge in [-0.15, -0.1) is 6.58 Å². The summed E-state index contributed by atoms with van der Waals surface area (Å²) in [5.74, 6) is -0.219. The average Bonchev–Trinajstić information content (AvgIpc) is 3.31. The summed E-state index contributed by atoms with van der Waals surface area (Å²) in [6.45, 7) is 4.08. The Bertz CT molecular complexity index is 1130. The monoisotopic (exact) mass is 467 g/mol. The van der Waals surface area contributed by atoms with Gasteiger partial charge in [0.05, 0.1) is 28.3 Å². The van der Waals surface area contributed by atoms with Gasteiger partial charge in [-0.05, 0) is 23.8 Å². The van der Waals surface area contributed by atoms with Gasteiger partial charge in [-0.1, -0.05) is 48.0 Å². The van der Waals surface area contributed by atoms with Crippen molar-refractivity contribution < 1.29 is 18.9 Å². The highest BCUT2D eigenvalue weighted by Crippen LogP contribution is 2.24. The second-order valence-electron chi connectivity index (χ2n) is 7.21. The van der Waals surface area contributed by atoms with Crippen LogP contribution in [0.15, 0.2) is 84.0 Å². The van der Waals surface area contributed by atoms with Crippen molar-refractivity contribution in [3.05, 3.63) is 112 Å². The van der Waals surface area contributed by atoms with E-state index in [4.69, 9.17) is 16.0 Å². The zero-order valence-electron chi connectivity index (χ0n) is 17.7. The Morgan fingerprint density at radius 3 is 2.42 bits per heavy atom. The van der Waals surface area contributed by atoms with E-state index < -0.39 is 10.8 Å². The van der Waals surface area contributed by atoms with Crippen LogP contribution in [0, 0.1) is 10.1 Å². The number of rotatable bonds is 10. The SMILES string of the molecule is C=CCN(CC(=O)N(Cc1ccccc1)Cc1ccco1)C(=O)c1ccc([N+](=O)[O-])cc1Cl. The summed E-state index contributed by atoms with van der Waals surface area (Å²) in [4.78, 5) is 39.6. The summed E-state index contributed by atoms with van der Waals surface area (Å²) in [5, 5.41) is 10.9. The summed E-state index contributed by atoms with van der Waals surface area (Å²) in [5.41, 5.74) is 0.769. The fraction of sp³-hybridized carbons (Fsp3) is 0.167. The van der Waals surface area contributed by atoms with E-state index in [9.17, 15) is 19.7 Å². The fourth-order valence-corrected chi connectivity index (χ4v) is 3.48. The zero-order valence-corrected chi connectivity index (χ0v) is 18.5. The molecule has 0 spiro atoms. The van der Waals surface area contributed by atoms with Crippen LogP contribution in [0.3, 0.4) is 0 Å². The molecule has 0 atom stereocenters. The third-order valence-corrected chi connectivity index (χ3v) is 5.17. The average molecular weight is 468 g/mol. The van der Waals surface area contributed by atoms with Crippen molar-refractivity contribution in [1.29, 1.82) is 0 Å². The minimum Gasteiger partial charge on any atom is -0.467 e.